The largest absolute Gasteiger partial charge is 0.383 e. The standard InChI is InChI=1S/C12H26N2O2/c1-15-9-6-13-11-12-5-3-4-7-14(12)8-10-16-2/h12-13H,3-11H2,1-2H3. The van der Waals surface area contributed by atoms with Crippen molar-refractivity contribution in [2.24, 2.45) is 0 Å². The smallest absolute Gasteiger partial charge is 0.0589 e. The molecule has 0 aromatic rings. The van der Waals surface area contributed by atoms with E-state index < -0.39 is 0 Å². The Labute approximate surface area is 99.3 Å². The minimum absolute atomic E-state index is 0.681. The van der Waals surface area contributed by atoms with Crippen molar-refractivity contribution in [2.45, 2.75) is 25.3 Å². The van der Waals surface area contributed by atoms with Crippen LogP contribution in [0, 0.1) is 0 Å². The van der Waals surface area contributed by atoms with Gasteiger partial charge in [0.15, 0.2) is 0 Å². The first-order valence-corrected chi connectivity index (χ1v) is 6.31. The van der Waals surface area contributed by atoms with E-state index in [1.165, 1.54) is 25.8 Å². The first-order chi connectivity index (χ1) is 7.88. The summed E-state index contributed by atoms with van der Waals surface area (Å²) in [4.78, 5) is 2.55. The summed E-state index contributed by atoms with van der Waals surface area (Å²) in [6.07, 6.45) is 4.00. The zero-order valence-electron chi connectivity index (χ0n) is 10.7. The Morgan fingerprint density at radius 2 is 2.00 bits per heavy atom. The summed E-state index contributed by atoms with van der Waals surface area (Å²) >= 11 is 0. The number of piperidine rings is 1. The Hall–Kier alpha value is -0.160. The van der Waals surface area contributed by atoms with E-state index in [4.69, 9.17) is 9.47 Å². The third kappa shape index (κ3) is 5.25. The van der Waals surface area contributed by atoms with Crippen molar-refractivity contribution in [3.8, 4) is 0 Å². The summed E-state index contributed by atoms with van der Waals surface area (Å²) in [5.41, 5.74) is 0. The predicted octanol–water partition coefficient (Wildman–Crippen LogP) is 0.723. The topological polar surface area (TPSA) is 33.7 Å². The highest BCUT2D eigenvalue weighted by Gasteiger charge is 2.21. The third-order valence-electron chi connectivity index (χ3n) is 3.19. The number of rotatable bonds is 8. The molecule has 1 atom stereocenters. The van der Waals surface area contributed by atoms with Crippen LogP contribution in [0.5, 0.6) is 0 Å². The summed E-state index contributed by atoms with van der Waals surface area (Å²) in [6.45, 7) is 5.95. The van der Waals surface area contributed by atoms with Crippen LogP contribution in [-0.4, -0.2) is 64.6 Å². The molecule has 1 rings (SSSR count). The second-order valence-electron chi connectivity index (χ2n) is 4.38. The zero-order chi connectivity index (χ0) is 11.6. The van der Waals surface area contributed by atoms with Crippen molar-refractivity contribution in [2.75, 3.05) is 53.6 Å². The predicted molar refractivity (Wildman–Crippen MR) is 65.8 cm³/mol. The number of hydrogen-bond acceptors (Lipinski definition) is 4. The maximum Gasteiger partial charge on any atom is 0.0589 e. The van der Waals surface area contributed by atoms with Gasteiger partial charge in [0.05, 0.1) is 13.2 Å². The van der Waals surface area contributed by atoms with Crippen molar-refractivity contribution in [1.29, 1.82) is 0 Å². The molecule has 0 aromatic heterocycles. The molecule has 0 amide bonds. The Balaban J connectivity index is 2.18. The van der Waals surface area contributed by atoms with Crippen LogP contribution >= 0.6 is 0 Å². The monoisotopic (exact) mass is 230 g/mol. The van der Waals surface area contributed by atoms with Gasteiger partial charge in [-0.05, 0) is 19.4 Å². The number of ether oxygens (including phenoxy) is 2. The van der Waals surface area contributed by atoms with Gasteiger partial charge in [-0.1, -0.05) is 6.42 Å². The van der Waals surface area contributed by atoms with Crippen molar-refractivity contribution < 1.29 is 9.47 Å². The van der Waals surface area contributed by atoms with E-state index in [2.05, 4.69) is 10.2 Å². The van der Waals surface area contributed by atoms with Gasteiger partial charge in [0.2, 0.25) is 0 Å². The van der Waals surface area contributed by atoms with Crippen molar-refractivity contribution in [1.82, 2.24) is 10.2 Å². The molecule has 1 unspecified atom stereocenters. The Kier molecular flexibility index (Phi) is 7.76. The van der Waals surface area contributed by atoms with Crippen LogP contribution in [0.15, 0.2) is 0 Å². The van der Waals surface area contributed by atoms with E-state index in [1.807, 2.05) is 0 Å². The molecule has 0 aliphatic carbocycles. The lowest BCUT2D eigenvalue weighted by atomic mass is 10.0. The average Bonchev–Trinajstić information content (AvgIpc) is 2.33. The lowest BCUT2D eigenvalue weighted by Gasteiger charge is -2.35. The molecule has 0 spiro atoms. The van der Waals surface area contributed by atoms with Gasteiger partial charge in [-0.3, -0.25) is 4.90 Å². The Morgan fingerprint density at radius 1 is 1.19 bits per heavy atom. The SMILES string of the molecule is COCCNCC1CCCCN1CCOC. The number of nitrogens with zero attached hydrogens (tertiary/aromatic N) is 1. The number of methoxy groups -OCH3 is 2. The highest BCUT2D eigenvalue weighted by molar-refractivity contribution is 4.78. The summed E-state index contributed by atoms with van der Waals surface area (Å²) in [7, 11) is 3.52. The fraction of sp³-hybridized carbons (Fsp3) is 1.00. The van der Waals surface area contributed by atoms with Gasteiger partial charge < -0.3 is 14.8 Å². The van der Waals surface area contributed by atoms with Crippen molar-refractivity contribution >= 4 is 0 Å². The molecule has 0 saturated carbocycles. The van der Waals surface area contributed by atoms with Crippen LogP contribution in [0.3, 0.4) is 0 Å². The van der Waals surface area contributed by atoms with Gasteiger partial charge in [-0.15, -0.1) is 0 Å². The van der Waals surface area contributed by atoms with Crippen LogP contribution in [0.25, 0.3) is 0 Å². The Morgan fingerprint density at radius 3 is 2.75 bits per heavy atom. The Bertz CT molecular complexity index is 167. The maximum atomic E-state index is 5.15. The normalized spacial score (nSPS) is 22.5. The molecule has 4 nitrogen and oxygen atoms in total. The highest BCUT2D eigenvalue weighted by atomic mass is 16.5. The third-order valence-corrected chi connectivity index (χ3v) is 3.19. The molecule has 0 radical (unpaired) electrons. The lowest BCUT2D eigenvalue weighted by molar-refractivity contribution is 0.0941. The zero-order valence-corrected chi connectivity index (χ0v) is 10.7. The first-order valence-electron chi connectivity index (χ1n) is 6.31. The molecule has 16 heavy (non-hydrogen) atoms. The molecule has 1 aliphatic heterocycles. The molecular formula is C12H26N2O2. The minimum Gasteiger partial charge on any atom is -0.383 e. The van der Waals surface area contributed by atoms with Gasteiger partial charge in [0.25, 0.3) is 0 Å². The second-order valence-corrected chi connectivity index (χ2v) is 4.38. The van der Waals surface area contributed by atoms with Gasteiger partial charge in [0.1, 0.15) is 0 Å². The molecule has 96 valence electrons. The van der Waals surface area contributed by atoms with Crippen molar-refractivity contribution in [3.63, 3.8) is 0 Å². The summed E-state index contributed by atoms with van der Waals surface area (Å²) in [5.74, 6) is 0. The average molecular weight is 230 g/mol. The van der Waals surface area contributed by atoms with Crippen molar-refractivity contribution in [3.05, 3.63) is 0 Å². The van der Waals surface area contributed by atoms with Crippen LogP contribution in [0.1, 0.15) is 19.3 Å². The van der Waals surface area contributed by atoms with Crippen LogP contribution in [-0.2, 0) is 9.47 Å². The lowest BCUT2D eigenvalue weighted by Crippen LogP contribution is -2.47. The second kappa shape index (κ2) is 8.93. The first kappa shape index (κ1) is 13.9. The van der Waals surface area contributed by atoms with Gasteiger partial charge >= 0.3 is 0 Å². The minimum atomic E-state index is 0.681. The van der Waals surface area contributed by atoms with Crippen LogP contribution in [0.2, 0.25) is 0 Å². The summed E-state index contributed by atoms with van der Waals surface area (Å²) in [5, 5.41) is 3.45. The van der Waals surface area contributed by atoms with E-state index in [-0.39, 0.29) is 0 Å². The summed E-state index contributed by atoms with van der Waals surface area (Å²) in [6, 6.07) is 0.681. The van der Waals surface area contributed by atoms with E-state index in [9.17, 15) is 0 Å². The van der Waals surface area contributed by atoms with Gasteiger partial charge in [-0.25, -0.2) is 0 Å². The fourth-order valence-corrected chi connectivity index (χ4v) is 2.24. The van der Waals surface area contributed by atoms with E-state index in [0.717, 1.165) is 32.8 Å². The molecule has 0 aromatic carbocycles. The maximum absolute atomic E-state index is 5.15. The number of hydrogen-bond donors (Lipinski definition) is 1. The van der Waals surface area contributed by atoms with Gasteiger partial charge in [-0.2, -0.15) is 0 Å². The quantitative estimate of drug-likeness (QED) is 0.623. The molecule has 1 heterocycles. The molecule has 0 bridgehead atoms. The van der Waals surface area contributed by atoms with E-state index in [1.54, 1.807) is 14.2 Å². The summed E-state index contributed by atoms with van der Waals surface area (Å²) < 4.78 is 10.2. The number of likely N-dealkylation sites (tertiary alicyclic amines) is 1. The van der Waals surface area contributed by atoms with E-state index >= 15 is 0 Å². The molecule has 1 aliphatic rings. The molecule has 1 saturated heterocycles. The van der Waals surface area contributed by atoms with E-state index in [0.29, 0.717) is 6.04 Å². The molecular weight excluding hydrogens is 204 g/mol. The molecule has 1 N–H and O–H groups in total. The van der Waals surface area contributed by atoms with Gasteiger partial charge in [0, 0.05) is 39.9 Å². The number of nitrogens with one attached hydrogen (secondary N) is 1. The molecule has 4 heteroatoms. The highest BCUT2D eigenvalue weighted by Crippen LogP contribution is 2.15. The fourth-order valence-electron chi connectivity index (χ4n) is 2.24. The molecule has 1 fully saturated rings. The van der Waals surface area contributed by atoms with Crippen LogP contribution < -0.4 is 5.32 Å². The van der Waals surface area contributed by atoms with Crippen LogP contribution in [0.4, 0.5) is 0 Å².